The number of thioether (sulfide) groups is 1. The van der Waals surface area contributed by atoms with Crippen molar-refractivity contribution in [2.24, 2.45) is 5.41 Å². The van der Waals surface area contributed by atoms with Crippen molar-refractivity contribution in [1.29, 1.82) is 0 Å². The Balaban J connectivity index is 1.66. The molecule has 0 aromatic heterocycles. The summed E-state index contributed by atoms with van der Waals surface area (Å²) >= 11 is 1.32. The second-order valence-corrected chi connectivity index (χ2v) is 7.85. The number of benzene rings is 1. The summed E-state index contributed by atoms with van der Waals surface area (Å²) in [7, 11) is 1.70. The lowest BCUT2D eigenvalue weighted by Gasteiger charge is -2.37. The molecule has 1 heterocycles. The van der Waals surface area contributed by atoms with Gasteiger partial charge < -0.3 is 20.7 Å². The summed E-state index contributed by atoms with van der Waals surface area (Å²) in [6.45, 7) is 5.18. The van der Waals surface area contributed by atoms with Crippen molar-refractivity contribution in [3.05, 3.63) is 29.8 Å². The van der Waals surface area contributed by atoms with E-state index in [1.165, 1.54) is 11.8 Å². The SMILES string of the molecule is COCC1(CNC(=O)CSCC(=O)Nc2ccc(C)cc2)CCNCC1. The van der Waals surface area contributed by atoms with E-state index in [0.717, 1.165) is 37.2 Å². The molecule has 0 spiro atoms. The highest BCUT2D eigenvalue weighted by atomic mass is 32.2. The maximum atomic E-state index is 12.1. The third-order valence-corrected chi connectivity index (χ3v) is 5.51. The highest BCUT2D eigenvalue weighted by Gasteiger charge is 2.32. The van der Waals surface area contributed by atoms with Crippen molar-refractivity contribution < 1.29 is 14.3 Å². The van der Waals surface area contributed by atoms with Crippen LogP contribution in [0.4, 0.5) is 5.69 Å². The van der Waals surface area contributed by atoms with Crippen LogP contribution in [0.1, 0.15) is 18.4 Å². The molecule has 2 amide bonds. The van der Waals surface area contributed by atoms with E-state index in [1.807, 2.05) is 31.2 Å². The third-order valence-electron chi connectivity index (χ3n) is 4.58. The lowest BCUT2D eigenvalue weighted by atomic mass is 9.79. The summed E-state index contributed by atoms with van der Waals surface area (Å²) < 4.78 is 5.36. The molecule has 3 N–H and O–H groups in total. The number of hydrogen-bond donors (Lipinski definition) is 3. The van der Waals surface area contributed by atoms with Gasteiger partial charge in [0.15, 0.2) is 0 Å². The number of hydrogen-bond acceptors (Lipinski definition) is 5. The van der Waals surface area contributed by atoms with E-state index in [2.05, 4.69) is 16.0 Å². The first-order chi connectivity index (χ1) is 12.5. The number of amides is 2. The van der Waals surface area contributed by atoms with Gasteiger partial charge in [-0.05, 0) is 45.0 Å². The average Bonchev–Trinajstić information content (AvgIpc) is 2.63. The molecule has 0 bridgehead atoms. The minimum Gasteiger partial charge on any atom is -0.384 e. The van der Waals surface area contributed by atoms with Crippen LogP contribution < -0.4 is 16.0 Å². The molecule has 2 rings (SSSR count). The Labute approximate surface area is 159 Å². The number of methoxy groups -OCH3 is 1. The van der Waals surface area contributed by atoms with Crippen molar-refractivity contribution in [1.82, 2.24) is 10.6 Å². The van der Waals surface area contributed by atoms with Gasteiger partial charge in [0, 0.05) is 24.8 Å². The van der Waals surface area contributed by atoms with Gasteiger partial charge in [0.2, 0.25) is 11.8 Å². The fourth-order valence-electron chi connectivity index (χ4n) is 3.04. The third kappa shape index (κ3) is 6.97. The number of ether oxygens (including phenoxy) is 1. The van der Waals surface area contributed by atoms with Gasteiger partial charge >= 0.3 is 0 Å². The molecule has 1 aliphatic rings. The zero-order chi connectivity index (χ0) is 18.8. The van der Waals surface area contributed by atoms with Crippen LogP contribution in [0.3, 0.4) is 0 Å². The second kappa shape index (κ2) is 10.5. The Hall–Kier alpha value is -1.57. The summed E-state index contributed by atoms with van der Waals surface area (Å²) in [5.41, 5.74) is 1.94. The van der Waals surface area contributed by atoms with Gasteiger partial charge in [-0.15, -0.1) is 11.8 Å². The van der Waals surface area contributed by atoms with Crippen LogP contribution in [-0.4, -0.2) is 56.7 Å². The Morgan fingerprint density at radius 3 is 2.46 bits per heavy atom. The van der Waals surface area contributed by atoms with Crippen molar-refractivity contribution in [3.63, 3.8) is 0 Å². The minimum atomic E-state index is -0.0964. The molecular weight excluding hydrogens is 350 g/mol. The number of piperidine rings is 1. The van der Waals surface area contributed by atoms with Crippen LogP contribution in [0, 0.1) is 12.3 Å². The van der Waals surface area contributed by atoms with Gasteiger partial charge in [-0.2, -0.15) is 0 Å². The summed E-state index contributed by atoms with van der Waals surface area (Å²) in [4.78, 5) is 24.0. The van der Waals surface area contributed by atoms with Gasteiger partial charge in [-0.3, -0.25) is 9.59 Å². The van der Waals surface area contributed by atoms with E-state index < -0.39 is 0 Å². The van der Waals surface area contributed by atoms with E-state index in [-0.39, 0.29) is 28.7 Å². The summed E-state index contributed by atoms with van der Waals surface area (Å²) in [6, 6.07) is 7.65. The molecule has 1 aliphatic heterocycles. The molecule has 0 saturated carbocycles. The number of aryl methyl sites for hydroxylation is 1. The molecule has 1 saturated heterocycles. The van der Waals surface area contributed by atoms with Crippen LogP contribution in [0.5, 0.6) is 0 Å². The quantitative estimate of drug-likeness (QED) is 0.610. The maximum absolute atomic E-state index is 12.1. The maximum Gasteiger partial charge on any atom is 0.234 e. The Kier molecular flexibility index (Phi) is 8.41. The van der Waals surface area contributed by atoms with E-state index in [4.69, 9.17) is 4.74 Å². The minimum absolute atomic E-state index is 0.0170. The zero-order valence-electron chi connectivity index (χ0n) is 15.6. The number of nitrogens with one attached hydrogen (secondary N) is 3. The van der Waals surface area contributed by atoms with E-state index in [9.17, 15) is 9.59 Å². The average molecular weight is 380 g/mol. The van der Waals surface area contributed by atoms with E-state index in [0.29, 0.717) is 13.2 Å². The molecule has 0 aliphatic carbocycles. The largest absolute Gasteiger partial charge is 0.384 e. The van der Waals surface area contributed by atoms with Gasteiger partial charge in [0.25, 0.3) is 0 Å². The normalized spacial score (nSPS) is 16.1. The molecular formula is C19H29N3O3S. The van der Waals surface area contributed by atoms with Crippen LogP contribution in [0.25, 0.3) is 0 Å². The van der Waals surface area contributed by atoms with Gasteiger partial charge in [0.05, 0.1) is 18.1 Å². The van der Waals surface area contributed by atoms with Gasteiger partial charge in [-0.25, -0.2) is 0 Å². The van der Waals surface area contributed by atoms with Crippen molar-refractivity contribution in [3.8, 4) is 0 Å². The Bertz CT molecular complexity index is 581. The van der Waals surface area contributed by atoms with Crippen LogP contribution in [0.15, 0.2) is 24.3 Å². The molecule has 1 fully saturated rings. The monoisotopic (exact) mass is 379 g/mol. The molecule has 0 unspecified atom stereocenters. The summed E-state index contributed by atoms with van der Waals surface area (Å²) in [6.07, 6.45) is 1.99. The first kappa shape index (κ1) is 20.7. The van der Waals surface area contributed by atoms with Crippen molar-refractivity contribution in [2.75, 3.05) is 50.2 Å². The topological polar surface area (TPSA) is 79.5 Å². The zero-order valence-corrected chi connectivity index (χ0v) is 16.4. The number of carbonyl (C=O) groups excluding carboxylic acids is 2. The number of rotatable bonds is 9. The molecule has 0 atom stereocenters. The predicted octanol–water partition coefficient (Wildman–Crippen LogP) is 1.80. The summed E-state index contributed by atoms with van der Waals surface area (Å²) in [5.74, 6) is 0.407. The fraction of sp³-hybridized carbons (Fsp3) is 0.579. The lowest BCUT2D eigenvalue weighted by Crippen LogP contribution is -2.47. The molecule has 1 aromatic rings. The molecule has 1 aromatic carbocycles. The number of anilines is 1. The standard InChI is InChI=1S/C19H29N3O3S/c1-15-3-5-16(6-4-15)22-18(24)12-26-11-17(23)21-13-19(14-25-2)7-9-20-10-8-19/h3-6,20H,7-14H2,1-2H3,(H,21,23)(H,22,24). The number of carbonyl (C=O) groups is 2. The Morgan fingerprint density at radius 2 is 1.81 bits per heavy atom. The van der Waals surface area contributed by atoms with Gasteiger partial charge in [-0.1, -0.05) is 17.7 Å². The van der Waals surface area contributed by atoms with Crippen molar-refractivity contribution >= 4 is 29.3 Å². The van der Waals surface area contributed by atoms with Crippen LogP contribution in [0.2, 0.25) is 0 Å². The van der Waals surface area contributed by atoms with Crippen LogP contribution >= 0.6 is 11.8 Å². The smallest absolute Gasteiger partial charge is 0.234 e. The first-order valence-electron chi connectivity index (χ1n) is 8.94. The van der Waals surface area contributed by atoms with E-state index >= 15 is 0 Å². The van der Waals surface area contributed by atoms with Crippen molar-refractivity contribution in [2.45, 2.75) is 19.8 Å². The Morgan fingerprint density at radius 1 is 1.15 bits per heavy atom. The van der Waals surface area contributed by atoms with Crippen LogP contribution in [-0.2, 0) is 14.3 Å². The highest BCUT2D eigenvalue weighted by Crippen LogP contribution is 2.28. The second-order valence-electron chi connectivity index (χ2n) is 6.87. The van der Waals surface area contributed by atoms with Gasteiger partial charge in [0.1, 0.15) is 0 Å². The lowest BCUT2D eigenvalue weighted by molar-refractivity contribution is -0.119. The highest BCUT2D eigenvalue weighted by molar-refractivity contribution is 8.00. The fourth-order valence-corrected chi connectivity index (χ4v) is 3.69. The first-order valence-corrected chi connectivity index (χ1v) is 10.1. The molecule has 144 valence electrons. The molecule has 6 nitrogen and oxygen atoms in total. The molecule has 0 radical (unpaired) electrons. The van der Waals surface area contributed by atoms with E-state index in [1.54, 1.807) is 7.11 Å². The predicted molar refractivity (Wildman–Crippen MR) is 107 cm³/mol. The summed E-state index contributed by atoms with van der Waals surface area (Å²) in [5, 5.41) is 9.18. The molecule has 26 heavy (non-hydrogen) atoms. The molecule has 7 heteroatoms.